The number of nitrogens with one attached hydrogen (secondary N) is 1. The summed E-state index contributed by atoms with van der Waals surface area (Å²) in [5.41, 5.74) is -1.77. The van der Waals surface area contributed by atoms with Gasteiger partial charge in [-0.25, -0.2) is 18.0 Å². The van der Waals surface area contributed by atoms with Crippen LogP contribution in [0, 0.1) is 11.7 Å². The van der Waals surface area contributed by atoms with E-state index in [1.807, 2.05) is 0 Å². The molecule has 2 aliphatic rings. The number of nitrogens with zero attached hydrogens (tertiary/aromatic N) is 2. The molecule has 0 bridgehead atoms. The standard InChI is InChI=1S/C25H29BF3N3O8/c1-13(33)38-26(39-14(2)34)40-25(36)18-11-31(7-6-27)21-17(23(18)35)8-19(28)22(24(21)37-3)32-10-15(20(29)12-32)9-30-16-4-5-16/h8,11,15-16,20,30H,4-7,9-10,12H2,1-3H3/t15-,20+/m0/s1. The number of benzene rings is 1. The number of aromatic nitrogens is 1. The summed E-state index contributed by atoms with van der Waals surface area (Å²) in [6, 6.07) is 1.25. The minimum absolute atomic E-state index is 0.00964. The molecule has 1 aromatic carbocycles. The summed E-state index contributed by atoms with van der Waals surface area (Å²) in [7, 11) is -0.853. The van der Waals surface area contributed by atoms with E-state index < -0.39 is 60.8 Å². The maximum absolute atomic E-state index is 15.6. The number of hydrogen-bond donors (Lipinski definition) is 1. The van der Waals surface area contributed by atoms with E-state index >= 15 is 4.39 Å². The van der Waals surface area contributed by atoms with Gasteiger partial charge >= 0.3 is 13.3 Å². The Labute approximate surface area is 227 Å². The number of halogens is 3. The Balaban J connectivity index is 1.74. The van der Waals surface area contributed by atoms with Crippen LogP contribution in [0.2, 0.25) is 0 Å². The first-order chi connectivity index (χ1) is 19.0. The minimum Gasteiger partial charge on any atom is -0.492 e. The van der Waals surface area contributed by atoms with Gasteiger partial charge < -0.3 is 33.5 Å². The summed E-state index contributed by atoms with van der Waals surface area (Å²) < 4.78 is 64.9. The maximum Gasteiger partial charge on any atom is 0.870 e. The molecule has 2 heterocycles. The average molecular weight is 567 g/mol. The van der Waals surface area contributed by atoms with E-state index in [2.05, 4.69) is 14.6 Å². The molecule has 0 spiro atoms. The summed E-state index contributed by atoms with van der Waals surface area (Å²) >= 11 is 0. The Kier molecular flexibility index (Phi) is 8.91. The molecule has 1 aliphatic carbocycles. The smallest absolute Gasteiger partial charge is 0.492 e. The lowest BCUT2D eigenvalue weighted by molar-refractivity contribution is -0.139. The third-order valence-electron chi connectivity index (χ3n) is 6.64. The van der Waals surface area contributed by atoms with Crippen LogP contribution >= 0.6 is 0 Å². The van der Waals surface area contributed by atoms with Gasteiger partial charge in [-0.15, -0.1) is 0 Å². The molecule has 2 aromatic rings. The number of hydrogen-bond acceptors (Lipinski definition) is 10. The van der Waals surface area contributed by atoms with Crippen LogP contribution < -0.4 is 20.4 Å². The van der Waals surface area contributed by atoms with Crippen molar-refractivity contribution >= 4 is 41.8 Å². The van der Waals surface area contributed by atoms with Crippen molar-refractivity contribution < 1.29 is 46.3 Å². The van der Waals surface area contributed by atoms with E-state index in [1.54, 1.807) is 0 Å². The first-order valence-corrected chi connectivity index (χ1v) is 12.7. The highest BCUT2D eigenvalue weighted by molar-refractivity contribution is 6.44. The summed E-state index contributed by atoms with van der Waals surface area (Å²) in [6.07, 6.45) is 1.82. The third kappa shape index (κ3) is 6.35. The fourth-order valence-electron chi connectivity index (χ4n) is 4.70. The molecule has 0 unspecified atom stereocenters. The molecule has 40 heavy (non-hydrogen) atoms. The topological polar surface area (TPSA) is 125 Å². The van der Waals surface area contributed by atoms with Crippen LogP contribution in [0.1, 0.15) is 37.0 Å². The van der Waals surface area contributed by atoms with Gasteiger partial charge in [-0.2, -0.15) is 0 Å². The van der Waals surface area contributed by atoms with Crippen LogP contribution in [0.15, 0.2) is 17.1 Å². The predicted octanol–water partition coefficient (Wildman–Crippen LogP) is 1.91. The Hall–Kier alpha value is -3.75. The van der Waals surface area contributed by atoms with E-state index in [9.17, 15) is 28.0 Å². The molecule has 1 aromatic heterocycles. The first-order valence-electron chi connectivity index (χ1n) is 12.7. The minimum atomic E-state index is -2.09. The fourth-order valence-corrected chi connectivity index (χ4v) is 4.70. The highest BCUT2D eigenvalue weighted by atomic mass is 19.1. The van der Waals surface area contributed by atoms with Crippen LogP contribution in [0.3, 0.4) is 0 Å². The van der Waals surface area contributed by atoms with E-state index in [0.29, 0.717) is 12.6 Å². The second-order valence-electron chi connectivity index (χ2n) is 9.67. The predicted molar refractivity (Wildman–Crippen MR) is 137 cm³/mol. The van der Waals surface area contributed by atoms with Crippen LogP contribution in [-0.4, -0.2) is 75.4 Å². The van der Waals surface area contributed by atoms with Gasteiger partial charge in [0.05, 0.1) is 24.6 Å². The Morgan fingerprint density at radius 2 is 1.80 bits per heavy atom. The van der Waals surface area contributed by atoms with Crippen molar-refractivity contribution in [1.82, 2.24) is 9.88 Å². The van der Waals surface area contributed by atoms with Crippen LogP contribution in [0.5, 0.6) is 5.75 Å². The molecule has 0 radical (unpaired) electrons. The molecule has 2 fully saturated rings. The van der Waals surface area contributed by atoms with Crippen LogP contribution in [0.25, 0.3) is 10.9 Å². The van der Waals surface area contributed by atoms with Crippen molar-refractivity contribution in [3.05, 3.63) is 33.9 Å². The number of methoxy groups -OCH3 is 1. The van der Waals surface area contributed by atoms with Gasteiger partial charge in [0.25, 0.3) is 11.9 Å². The highest BCUT2D eigenvalue weighted by Crippen LogP contribution is 2.40. The second-order valence-corrected chi connectivity index (χ2v) is 9.67. The number of alkyl halides is 2. The fraction of sp³-hybridized carbons (Fsp3) is 0.520. The normalized spacial score (nSPS) is 18.5. The molecule has 1 saturated carbocycles. The maximum atomic E-state index is 15.6. The van der Waals surface area contributed by atoms with Gasteiger partial charge in [0, 0.05) is 51.6 Å². The molecular formula is C25H29BF3N3O8. The van der Waals surface area contributed by atoms with Crippen LogP contribution in [0.4, 0.5) is 18.9 Å². The molecule has 11 nitrogen and oxygen atoms in total. The molecule has 1 saturated heterocycles. The van der Waals surface area contributed by atoms with Crippen molar-refractivity contribution in [3.8, 4) is 5.75 Å². The zero-order valence-corrected chi connectivity index (χ0v) is 22.2. The summed E-state index contributed by atoms with van der Waals surface area (Å²) in [5.74, 6) is -4.70. The number of fused-ring (bicyclic) bond motifs is 1. The monoisotopic (exact) mass is 567 g/mol. The Morgan fingerprint density at radius 3 is 2.38 bits per heavy atom. The molecule has 15 heteroatoms. The lowest BCUT2D eigenvalue weighted by atomic mass is 10.1. The zero-order valence-electron chi connectivity index (χ0n) is 22.2. The SMILES string of the molecule is COc1c(N2C[C@H](CNC3CC3)[C@H](F)C2)c(F)cc2c(=O)c(C(=O)OB(OC(C)=O)OC(C)=O)cn(CCF)c12. The van der Waals surface area contributed by atoms with E-state index in [0.717, 1.165) is 39.0 Å². The van der Waals surface area contributed by atoms with E-state index in [4.69, 9.17) is 9.39 Å². The molecule has 0 amide bonds. The summed E-state index contributed by atoms with van der Waals surface area (Å²) in [4.78, 5) is 50.3. The number of carbonyl (C=O) groups excluding carboxylic acids is 3. The zero-order chi connectivity index (χ0) is 29.1. The number of anilines is 1. The average Bonchev–Trinajstić information content (AvgIpc) is 3.63. The second kappa shape index (κ2) is 12.2. The number of rotatable bonds is 11. The molecular weight excluding hydrogens is 538 g/mol. The van der Waals surface area contributed by atoms with Crippen LogP contribution in [-0.2, 0) is 30.1 Å². The molecule has 4 rings (SSSR count). The molecule has 2 atom stereocenters. The summed E-state index contributed by atoms with van der Waals surface area (Å²) in [5, 5.41) is 2.95. The van der Waals surface area contributed by atoms with Crippen molar-refractivity contribution in [2.24, 2.45) is 5.92 Å². The number of aryl methyl sites for hydroxylation is 1. The third-order valence-corrected chi connectivity index (χ3v) is 6.64. The lowest BCUT2D eigenvalue weighted by Gasteiger charge is -2.24. The first kappa shape index (κ1) is 29.2. The molecule has 216 valence electrons. The van der Waals surface area contributed by atoms with E-state index in [1.165, 1.54) is 16.6 Å². The largest absolute Gasteiger partial charge is 0.870 e. The van der Waals surface area contributed by atoms with Gasteiger partial charge in [0.1, 0.15) is 24.1 Å². The number of ether oxygens (including phenoxy) is 1. The summed E-state index contributed by atoms with van der Waals surface area (Å²) in [6.45, 7) is 1.15. The van der Waals surface area contributed by atoms with Crippen molar-refractivity contribution in [1.29, 1.82) is 0 Å². The molecule has 1 aliphatic heterocycles. The molecule has 1 N–H and O–H groups in total. The van der Waals surface area contributed by atoms with E-state index in [-0.39, 0.29) is 42.0 Å². The highest BCUT2D eigenvalue weighted by Gasteiger charge is 2.39. The van der Waals surface area contributed by atoms with Gasteiger partial charge in [0.15, 0.2) is 11.6 Å². The number of carbonyl (C=O) groups is 3. The van der Waals surface area contributed by atoms with Crippen molar-refractivity contribution in [2.75, 3.05) is 38.3 Å². The van der Waals surface area contributed by atoms with Gasteiger partial charge in [0.2, 0.25) is 5.43 Å². The van der Waals surface area contributed by atoms with Gasteiger partial charge in [-0.05, 0) is 18.9 Å². The number of pyridine rings is 1. The quantitative estimate of drug-likeness (QED) is 0.403. The lowest BCUT2D eigenvalue weighted by Crippen LogP contribution is -2.35. The van der Waals surface area contributed by atoms with Gasteiger partial charge in [-0.1, -0.05) is 0 Å². The van der Waals surface area contributed by atoms with Crippen molar-refractivity contribution in [3.63, 3.8) is 0 Å². The van der Waals surface area contributed by atoms with Crippen molar-refractivity contribution in [2.45, 2.75) is 45.4 Å². The Morgan fingerprint density at radius 1 is 1.12 bits per heavy atom. The van der Waals surface area contributed by atoms with Gasteiger partial charge in [-0.3, -0.25) is 14.4 Å². The Bertz CT molecular complexity index is 1350.